The van der Waals surface area contributed by atoms with Gasteiger partial charge >= 0.3 is 0 Å². The lowest BCUT2D eigenvalue weighted by Crippen LogP contribution is -1.96. The zero-order chi connectivity index (χ0) is 8.72. The van der Waals surface area contributed by atoms with Crippen LogP contribution < -0.4 is 5.56 Å². The molecule has 0 amide bonds. The average molecular weight is 244 g/mol. The fraction of sp³-hybridized carbons (Fsp3) is 0.125. The third-order valence-electron chi connectivity index (χ3n) is 1.68. The molecule has 0 atom stereocenters. The van der Waals surface area contributed by atoms with Crippen LogP contribution in [0.3, 0.4) is 0 Å². The first-order valence-electron chi connectivity index (χ1n) is 3.46. The molecule has 0 bridgehead atoms. The highest BCUT2D eigenvalue weighted by Crippen LogP contribution is 2.25. The van der Waals surface area contributed by atoms with Crippen LogP contribution in [-0.4, -0.2) is 4.37 Å². The molecule has 1 aromatic carbocycles. The second-order valence-electron chi connectivity index (χ2n) is 2.66. The van der Waals surface area contributed by atoms with E-state index in [0.717, 1.165) is 20.1 Å². The van der Waals surface area contributed by atoms with Gasteiger partial charge in [0.15, 0.2) is 0 Å². The highest BCUT2D eigenvalue weighted by atomic mass is 79.9. The Morgan fingerprint density at radius 1 is 1.50 bits per heavy atom. The minimum Gasteiger partial charge on any atom is -0.277 e. The summed E-state index contributed by atoms with van der Waals surface area (Å²) in [5.74, 6) is 0. The molecular weight excluding hydrogens is 238 g/mol. The number of hydrogen-bond donors (Lipinski definition) is 1. The zero-order valence-corrected chi connectivity index (χ0v) is 8.75. The van der Waals surface area contributed by atoms with Crippen molar-refractivity contribution >= 4 is 37.5 Å². The monoisotopic (exact) mass is 243 g/mol. The van der Waals surface area contributed by atoms with E-state index in [1.807, 2.05) is 19.1 Å². The number of aryl methyl sites for hydroxylation is 1. The predicted octanol–water partition coefficient (Wildman–Crippen LogP) is 2.66. The Morgan fingerprint density at radius 3 is 3.00 bits per heavy atom. The molecule has 12 heavy (non-hydrogen) atoms. The molecular formula is C8H6BrNOS. The third kappa shape index (κ3) is 1.11. The quantitative estimate of drug-likeness (QED) is 0.759. The van der Waals surface area contributed by atoms with Crippen molar-refractivity contribution in [3.8, 4) is 0 Å². The van der Waals surface area contributed by atoms with Crippen LogP contribution in [0.15, 0.2) is 21.4 Å². The lowest BCUT2D eigenvalue weighted by molar-refractivity contribution is 1.44. The van der Waals surface area contributed by atoms with Crippen LogP contribution in [0.1, 0.15) is 5.56 Å². The smallest absolute Gasteiger partial charge is 0.265 e. The first kappa shape index (κ1) is 8.01. The number of nitrogens with one attached hydrogen (secondary N) is 1. The molecule has 0 aliphatic heterocycles. The molecule has 0 unspecified atom stereocenters. The maximum Gasteiger partial charge on any atom is 0.265 e. The average Bonchev–Trinajstić information content (AvgIpc) is 2.33. The van der Waals surface area contributed by atoms with Gasteiger partial charge in [-0.1, -0.05) is 11.5 Å². The molecule has 1 aromatic heterocycles. The summed E-state index contributed by atoms with van der Waals surface area (Å²) in [4.78, 5) is 11.2. The SMILES string of the molecule is Cc1cc(Br)c2s[nH]c(=O)c2c1. The van der Waals surface area contributed by atoms with E-state index in [0.29, 0.717) is 0 Å². The van der Waals surface area contributed by atoms with Crippen molar-refractivity contribution in [3.05, 3.63) is 32.5 Å². The van der Waals surface area contributed by atoms with E-state index in [1.54, 1.807) is 0 Å². The van der Waals surface area contributed by atoms with E-state index in [-0.39, 0.29) is 5.56 Å². The van der Waals surface area contributed by atoms with E-state index >= 15 is 0 Å². The Balaban J connectivity index is 3.02. The molecule has 0 fully saturated rings. The Hall–Kier alpha value is -0.610. The Morgan fingerprint density at radius 2 is 2.25 bits per heavy atom. The van der Waals surface area contributed by atoms with Gasteiger partial charge in [0.1, 0.15) is 0 Å². The summed E-state index contributed by atoms with van der Waals surface area (Å²) < 4.78 is 4.68. The summed E-state index contributed by atoms with van der Waals surface area (Å²) in [6, 6.07) is 3.90. The van der Waals surface area contributed by atoms with Crippen molar-refractivity contribution in [3.63, 3.8) is 0 Å². The van der Waals surface area contributed by atoms with Gasteiger partial charge in [0.2, 0.25) is 0 Å². The molecule has 2 rings (SSSR count). The van der Waals surface area contributed by atoms with Crippen LogP contribution in [0.4, 0.5) is 0 Å². The van der Waals surface area contributed by atoms with Gasteiger partial charge in [-0.25, -0.2) is 0 Å². The standard InChI is InChI=1S/C8H6BrNOS/c1-4-2-5-7(6(9)3-4)12-10-8(5)11/h2-3H,1H3,(H,10,11). The van der Waals surface area contributed by atoms with E-state index in [1.165, 1.54) is 11.5 Å². The number of aromatic nitrogens is 1. The van der Waals surface area contributed by atoms with Crippen molar-refractivity contribution in [2.24, 2.45) is 0 Å². The van der Waals surface area contributed by atoms with Crippen molar-refractivity contribution < 1.29 is 0 Å². The number of benzene rings is 1. The van der Waals surface area contributed by atoms with E-state index in [2.05, 4.69) is 20.3 Å². The molecule has 0 saturated carbocycles. The summed E-state index contributed by atoms with van der Waals surface area (Å²) >= 11 is 4.78. The molecule has 1 heterocycles. The van der Waals surface area contributed by atoms with Crippen LogP contribution in [-0.2, 0) is 0 Å². The van der Waals surface area contributed by atoms with Crippen molar-refractivity contribution in [2.45, 2.75) is 6.92 Å². The van der Waals surface area contributed by atoms with Crippen molar-refractivity contribution in [1.29, 1.82) is 0 Å². The number of fused-ring (bicyclic) bond motifs is 1. The minimum absolute atomic E-state index is 0.000556. The summed E-state index contributed by atoms with van der Waals surface area (Å²) in [6.45, 7) is 1.97. The fourth-order valence-electron chi connectivity index (χ4n) is 1.15. The number of H-pyrrole nitrogens is 1. The summed E-state index contributed by atoms with van der Waals surface area (Å²) in [5.41, 5.74) is 1.10. The van der Waals surface area contributed by atoms with Gasteiger partial charge in [0.05, 0.1) is 10.1 Å². The summed E-state index contributed by atoms with van der Waals surface area (Å²) in [5, 5.41) is 0.770. The number of hydrogen-bond acceptors (Lipinski definition) is 2. The molecule has 0 spiro atoms. The first-order chi connectivity index (χ1) is 5.68. The molecule has 1 N–H and O–H groups in total. The maximum absolute atomic E-state index is 11.2. The molecule has 2 aromatic rings. The third-order valence-corrected chi connectivity index (χ3v) is 3.50. The Kier molecular flexibility index (Phi) is 1.81. The lowest BCUT2D eigenvalue weighted by Gasteiger charge is -1.94. The van der Waals surface area contributed by atoms with Gasteiger partial charge in [0.25, 0.3) is 5.56 Å². The number of rotatable bonds is 0. The Bertz CT molecular complexity index is 485. The van der Waals surface area contributed by atoms with E-state index in [9.17, 15) is 4.79 Å². The first-order valence-corrected chi connectivity index (χ1v) is 5.07. The van der Waals surface area contributed by atoms with Crippen LogP contribution in [0.5, 0.6) is 0 Å². The molecule has 0 aliphatic carbocycles. The minimum atomic E-state index is -0.000556. The van der Waals surface area contributed by atoms with E-state index < -0.39 is 0 Å². The lowest BCUT2D eigenvalue weighted by atomic mass is 10.2. The van der Waals surface area contributed by atoms with Crippen LogP contribution in [0.25, 0.3) is 10.1 Å². The molecule has 0 radical (unpaired) electrons. The highest BCUT2D eigenvalue weighted by molar-refractivity contribution is 9.10. The largest absolute Gasteiger partial charge is 0.277 e. The highest BCUT2D eigenvalue weighted by Gasteiger charge is 2.04. The molecule has 0 saturated heterocycles. The fourth-order valence-corrected chi connectivity index (χ4v) is 2.69. The zero-order valence-electron chi connectivity index (χ0n) is 6.35. The van der Waals surface area contributed by atoms with Crippen molar-refractivity contribution in [2.75, 3.05) is 0 Å². The van der Waals surface area contributed by atoms with Crippen molar-refractivity contribution in [1.82, 2.24) is 4.37 Å². The summed E-state index contributed by atoms with van der Waals surface area (Å²) in [7, 11) is 0. The second kappa shape index (κ2) is 2.71. The van der Waals surface area contributed by atoms with Gasteiger partial charge in [-0.3, -0.25) is 9.17 Å². The van der Waals surface area contributed by atoms with Crippen LogP contribution in [0.2, 0.25) is 0 Å². The number of aromatic amines is 1. The molecule has 4 heteroatoms. The summed E-state index contributed by atoms with van der Waals surface area (Å²) in [6.07, 6.45) is 0. The molecule has 62 valence electrons. The predicted molar refractivity (Wildman–Crippen MR) is 54.9 cm³/mol. The second-order valence-corrected chi connectivity index (χ2v) is 4.33. The topological polar surface area (TPSA) is 32.9 Å². The van der Waals surface area contributed by atoms with Gasteiger partial charge < -0.3 is 0 Å². The Labute approximate surface area is 81.5 Å². The van der Waals surface area contributed by atoms with Gasteiger partial charge in [0, 0.05) is 4.47 Å². The van der Waals surface area contributed by atoms with Gasteiger partial charge in [-0.15, -0.1) is 0 Å². The molecule has 0 aliphatic rings. The van der Waals surface area contributed by atoms with Crippen LogP contribution in [0, 0.1) is 6.92 Å². The van der Waals surface area contributed by atoms with Gasteiger partial charge in [-0.05, 0) is 40.5 Å². The molecule has 2 nitrogen and oxygen atoms in total. The van der Waals surface area contributed by atoms with Crippen LogP contribution >= 0.6 is 27.5 Å². The number of halogens is 1. The normalized spacial score (nSPS) is 10.8. The van der Waals surface area contributed by atoms with E-state index in [4.69, 9.17) is 0 Å². The maximum atomic E-state index is 11.2. The van der Waals surface area contributed by atoms with Gasteiger partial charge in [-0.2, -0.15) is 0 Å².